The number of likely N-dealkylation sites (N-methyl/N-ethyl adjacent to an activating group) is 1. The van der Waals surface area contributed by atoms with Gasteiger partial charge in [0.15, 0.2) is 0 Å². The maximum atomic E-state index is 13.0. The molecule has 0 aliphatic heterocycles. The van der Waals surface area contributed by atoms with Gasteiger partial charge in [-0.05, 0) is 92.9 Å². The number of hydrogen-bond acceptors (Lipinski definition) is 5. The summed E-state index contributed by atoms with van der Waals surface area (Å²) in [6, 6.07) is 0. The lowest BCUT2D eigenvalue weighted by molar-refractivity contribution is -0.138. The van der Waals surface area contributed by atoms with Crippen molar-refractivity contribution in [2.24, 2.45) is 45.6 Å². The number of alkyl halides is 1. The van der Waals surface area contributed by atoms with Crippen molar-refractivity contribution in [3.8, 4) is 0 Å². The quantitative estimate of drug-likeness (QED) is 0.207. The van der Waals surface area contributed by atoms with E-state index in [9.17, 15) is 14.0 Å². The standard InChI is InChI=1S/C28H46FN3O3/c1-5-30-15-17-32(16-14-29)26(34)35-31-19(2)23-8-9-24-22-7-6-20-18-21(33)10-12-27(20,3)25(22)11-13-28(23,24)4/h20,22-25,30H,5-18H2,1-4H3/b31-19+/t20-,22-,23+,24-,25-,27-,28+/m0/s1. The Kier molecular flexibility index (Phi) is 8.24. The molecule has 0 aromatic heterocycles. The second-order valence-corrected chi connectivity index (χ2v) is 12.2. The molecule has 4 rings (SSSR count). The average molecular weight is 492 g/mol. The summed E-state index contributed by atoms with van der Waals surface area (Å²) >= 11 is 0. The summed E-state index contributed by atoms with van der Waals surface area (Å²) in [5.74, 6) is 3.50. The Morgan fingerprint density at radius 2 is 1.89 bits per heavy atom. The Hall–Kier alpha value is -1.50. The molecule has 1 N–H and O–H groups in total. The average Bonchev–Trinajstić information content (AvgIpc) is 3.19. The fraction of sp³-hybridized carbons (Fsp3) is 0.893. The van der Waals surface area contributed by atoms with Crippen molar-refractivity contribution in [1.29, 1.82) is 0 Å². The zero-order chi connectivity index (χ0) is 25.2. The van der Waals surface area contributed by atoms with Gasteiger partial charge in [-0.25, -0.2) is 9.18 Å². The first kappa shape index (κ1) is 26.6. The fourth-order valence-electron chi connectivity index (χ4n) is 8.75. The number of carbonyl (C=O) groups is 2. The van der Waals surface area contributed by atoms with Gasteiger partial charge in [-0.2, -0.15) is 0 Å². The Morgan fingerprint density at radius 1 is 1.11 bits per heavy atom. The molecule has 4 aliphatic carbocycles. The largest absolute Gasteiger partial charge is 0.436 e. The van der Waals surface area contributed by atoms with Gasteiger partial charge >= 0.3 is 6.09 Å². The monoisotopic (exact) mass is 491 g/mol. The molecule has 4 saturated carbocycles. The zero-order valence-corrected chi connectivity index (χ0v) is 22.3. The molecule has 7 atom stereocenters. The van der Waals surface area contributed by atoms with Gasteiger partial charge < -0.3 is 10.2 Å². The molecule has 7 heteroatoms. The highest BCUT2D eigenvalue weighted by molar-refractivity contribution is 5.85. The highest BCUT2D eigenvalue weighted by Gasteiger charge is 2.60. The molecule has 4 aliphatic rings. The van der Waals surface area contributed by atoms with Crippen LogP contribution in [-0.2, 0) is 9.63 Å². The molecule has 0 radical (unpaired) electrons. The molecule has 0 saturated heterocycles. The Labute approximate surface area is 210 Å². The minimum absolute atomic E-state index is 0.0242. The smallest absolute Gasteiger partial charge is 0.315 e. The van der Waals surface area contributed by atoms with Crippen molar-refractivity contribution < 1.29 is 18.8 Å². The number of nitrogens with zero attached hydrogens (tertiary/aromatic N) is 2. The first-order valence-electron chi connectivity index (χ1n) is 14.0. The minimum atomic E-state index is -0.594. The topological polar surface area (TPSA) is 71.0 Å². The van der Waals surface area contributed by atoms with E-state index < -0.39 is 12.8 Å². The number of rotatable bonds is 8. The van der Waals surface area contributed by atoms with Gasteiger partial charge in [-0.1, -0.05) is 25.9 Å². The first-order chi connectivity index (χ1) is 16.7. The third-order valence-electron chi connectivity index (χ3n) is 10.7. The third kappa shape index (κ3) is 5.03. The lowest BCUT2D eigenvalue weighted by Crippen LogP contribution is -2.53. The van der Waals surface area contributed by atoms with Gasteiger partial charge in [0, 0.05) is 31.8 Å². The molecule has 198 valence electrons. The molecule has 0 aromatic carbocycles. The number of nitrogens with one attached hydrogen (secondary N) is 1. The fourth-order valence-corrected chi connectivity index (χ4v) is 8.75. The molecular formula is C28H46FN3O3. The Balaban J connectivity index is 1.42. The van der Waals surface area contributed by atoms with E-state index >= 15 is 0 Å². The number of halogens is 1. The summed E-state index contributed by atoms with van der Waals surface area (Å²) in [5.41, 5.74) is 1.40. The van der Waals surface area contributed by atoms with E-state index in [2.05, 4.69) is 24.3 Å². The second kappa shape index (κ2) is 10.9. The molecule has 0 bridgehead atoms. The zero-order valence-electron chi connectivity index (χ0n) is 22.3. The van der Waals surface area contributed by atoms with E-state index in [0.717, 1.165) is 49.8 Å². The van der Waals surface area contributed by atoms with E-state index in [-0.39, 0.29) is 12.0 Å². The van der Waals surface area contributed by atoms with Crippen molar-refractivity contribution in [2.45, 2.75) is 85.5 Å². The van der Waals surface area contributed by atoms with E-state index in [1.165, 1.54) is 37.0 Å². The number of amides is 1. The van der Waals surface area contributed by atoms with Crippen LogP contribution in [-0.4, -0.2) is 55.3 Å². The van der Waals surface area contributed by atoms with Crippen LogP contribution in [0.1, 0.15) is 85.5 Å². The molecule has 35 heavy (non-hydrogen) atoms. The van der Waals surface area contributed by atoms with Crippen LogP contribution in [0.5, 0.6) is 0 Å². The van der Waals surface area contributed by atoms with Crippen molar-refractivity contribution in [3.05, 3.63) is 0 Å². The van der Waals surface area contributed by atoms with Gasteiger partial charge in [0.2, 0.25) is 0 Å². The molecule has 0 spiro atoms. The summed E-state index contributed by atoms with van der Waals surface area (Å²) in [6.45, 7) is 10.2. The van der Waals surface area contributed by atoms with Crippen molar-refractivity contribution in [3.63, 3.8) is 0 Å². The van der Waals surface area contributed by atoms with Gasteiger partial charge in [0.1, 0.15) is 12.5 Å². The molecule has 0 aromatic rings. The van der Waals surface area contributed by atoms with Gasteiger partial charge in [0.05, 0.1) is 12.3 Å². The number of fused-ring (bicyclic) bond motifs is 5. The molecular weight excluding hydrogens is 445 g/mol. The highest BCUT2D eigenvalue weighted by atomic mass is 19.1. The minimum Gasteiger partial charge on any atom is -0.315 e. The molecule has 6 nitrogen and oxygen atoms in total. The maximum Gasteiger partial charge on any atom is 0.436 e. The van der Waals surface area contributed by atoms with Crippen LogP contribution in [0.3, 0.4) is 0 Å². The first-order valence-corrected chi connectivity index (χ1v) is 14.0. The SMILES string of the molecule is CCNCCN(CCF)C(=O)O/N=C(\C)[C@H]1CC[C@H]2[C@@H]3CC[C@H]4CC(=O)CC[C@]4(C)[C@H]3CC[C@]12C. The molecule has 1 amide bonds. The lowest BCUT2D eigenvalue weighted by atomic mass is 9.44. The van der Waals surface area contributed by atoms with E-state index in [0.29, 0.717) is 42.0 Å². The Morgan fingerprint density at radius 3 is 2.63 bits per heavy atom. The van der Waals surface area contributed by atoms with E-state index in [1.54, 1.807) is 0 Å². The molecule has 0 unspecified atom stereocenters. The number of hydrogen-bond donors (Lipinski definition) is 1. The van der Waals surface area contributed by atoms with Crippen LogP contribution < -0.4 is 5.32 Å². The summed E-state index contributed by atoms with van der Waals surface area (Å²) < 4.78 is 13.0. The summed E-state index contributed by atoms with van der Waals surface area (Å²) in [6.07, 6.45) is 9.23. The molecule has 4 fully saturated rings. The summed E-state index contributed by atoms with van der Waals surface area (Å²) in [5, 5.41) is 7.47. The van der Waals surface area contributed by atoms with Crippen molar-refractivity contribution in [2.75, 3.05) is 32.9 Å². The van der Waals surface area contributed by atoms with Crippen LogP contribution in [0.25, 0.3) is 0 Å². The van der Waals surface area contributed by atoms with Crippen LogP contribution in [0.15, 0.2) is 5.16 Å². The number of ketones is 1. The number of carbonyl (C=O) groups excluding carboxylic acids is 2. The highest BCUT2D eigenvalue weighted by Crippen LogP contribution is 2.67. The summed E-state index contributed by atoms with van der Waals surface area (Å²) in [4.78, 5) is 31.4. The van der Waals surface area contributed by atoms with E-state index in [4.69, 9.17) is 4.84 Å². The second-order valence-electron chi connectivity index (χ2n) is 12.2. The van der Waals surface area contributed by atoms with Crippen LogP contribution in [0.2, 0.25) is 0 Å². The van der Waals surface area contributed by atoms with Gasteiger partial charge in [-0.15, -0.1) is 0 Å². The predicted molar refractivity (Wildman–Crippen MR) is 136 cm³/mol. The maximum absolute atomic E-state index is 13.0. The van der Waals surface area contributed by atoms with Crippen LogP contribution in [0.4, 0.5) is 9.18 Å². The summed E-state index contributed by atoms with van der Waals surface area (Å²) in [7, 11) is 0. The lowest BCUT2D eigenvalue weighted by Gasteiger charge is -2.60. The number of oxime groups is 1. The third-order valence-corrected chi connectivity index (χ3v) is 10.7. The Bertz CT molecular complexity index is 819. The predicted octanol–water partition coefficient (Wildman–Crippen LogP) is 5.61. The van der Waals surface area contributed by atoms with Crippen LogP contribution >= 0.6 is 0 Å². The van der Waals surface area contributed by atoms with Crippen LogP contribution in [0, 0.1) is 40.4 Å². The van der Waals surface area contributed by atoms with E-state index in [1.807, 2.05) is 13.8 Å². The molecule has 0 heterocycles. The number of Topliss-reactive ketones (excluding diaryl/α,β-unsaturated/α-hetero) is 1. The van der Waals surface area contributed by atoms with Crippen molar-refractivity contribution >= 4 is 17.6 Å². The van der Waals surface area contributed by atoms with Gasteiger partial charge in [-0.3, -0.25) is 9.63 Å². The normalized spacial score (nSPS) is 38.9. The van der Waals surface area contributed by atoms with Gasteiger partial charge in [0.25, 0.3) is 0 Å². The van der Waals surface area contributed by atoms with Crippen molar-refractivity contribution in [1.82, 2.24) is 10.2 Å².